The maximum atomic E-state index is 8.88. The summed E-state index contributed by atoms with van der Waals surface area (Å²) in [6, 6.07) is 0. The summed E-state index contributed by atoms with van der Waals surface area (Å²) >= 11 is 6.80. The van der Waals surface area contributed by atoms with Gasteiger partial charge in [0.25, 0.3) is 0 Å². The van der Waals surface area contributed by atoms with Crippen LogP contribution < -0.4 is 0 Å². The fourth-order valence-corrected chi connectivity index (χ4v) is 2.09. The summed E-state index contributed by atoms with van der Waals surface area (Å²) < 4.78 is 1.93. The van der Waals surface area contributed by atoms with E-state index in [2.05, 4.69) is 36.8 Å². The molecule has 13 heavy (non-hydrogen) atoms. The van der Waals surface area contributed by atoms with Gasteiger partial charge in [-0.05, 0) is 25.9 Å². The largest absolute Gasteiger partial charge is 0.391 e. The van der Waals surface area contributed by atoms with Gasteiger partial charge in [-0.1, -0.05) is 38.3 Å². The molecule has 0 aromatic carbocycles. The third-order valence-electron chi connectivity index (χ3n) is 2.24. The van der Waals surface area contributed by atoms with Crippen LogP contribution in [-0.4, -0.2) is 36.2 Å². The number of piperidine rings is 1. The van der Waals surface area contributed by atoms with Crippen molar-refractivity contribution in [1.29, 1.82) is 0 Å². The number of hydrogen-bond acceptors (Lipinski definition) is 2. The van der Waals surface area contributed by atoms with Gasteiger partial charge in [0.2, 0.25) is 0 Å². The molecule has 0 amide bonds. The Balaban J connectivity index is 2.38. The van der Waals surface area contributed by atoms with Crippen molar-refractivity contribution in [2.75, 3.05) is 26.2 Å². The van der Waals surface area contributed by atoms with Gasteiger partial charge in [-0.3, -0.25) is 4.90 Å². The zero-order chi connectivity index (χ0) is 9.68. The van der Waals surface area contributed by atoms with Crippen LogP contribution in [0.4, 0.5) is 0 Å². The fourth-order valence-electron chi connectivity index (χ4n) is 1.49. The molecule has 1 aliphatic heterocycles. The second-order valence-electron chi connectivity index (χ2n) is 3.30. The van der Waals surface area contributed by atoms with E-state index in [9.17, 15) is 0 Å². The van der Waals surface area contributed by atoms with Gasteiger partial charge in [0.1, 0.15) is 0 Å². The van der Waals surface area contributed by atoms with Crippen molar-refractivity contribution in [3.8, 4) is 0 Å². The lowest BCUT2D eigenvalue weighted by Gasteiger charge is -2.26. The zero-order valence-electron chi connectivity index (χ0n) is 7.60. The van der Waals surface area contributed by atoms with E-state index in [0.717, 1.165) is 15.5 Å². The van der Waals surface area contributed by atoms with E-state index in [1.54, 1.807) is 0 Å². The van der Waals surface area contributed by atoms with Crippen molar-refractivity contribution in [3.63, 3.8) is 0 Å². The topological polar surface area (TPSA) is 23.5 Å². The minimum atomic E-state index is 0.0778. The summed E-state index contributed by atoms with van der Waals surface area (Å²) in [5.74, 6) is 0. The minimum absolute atomic E-state index is 0.0778. The number of hydrogen-bond donors (Lipinski definition) is 1. The minimum Gasteiger partial charge on any atom is -0.391 e. The molecule has 0 aromatic heterocycles. The van der Waals surface area contributed by atoms with Gasteiger partial charge in [0, 0.05) is 15.5 Å². The molecule has 1 saturated heterocycles. The van der Waals surface area contributed by atoms with E-state index < -0.39 is 0 Å². The highest BCUT2D eigenvalue weighted by molar-refractivity contribution is 9.14. The van der Waals surface area contributed by atoms with Crippen molar-refractivity contribution < 1.29 is 5.11 Å². The SMILES string of the molecule is OC/C(Br)=C(\Br)CN1CCCCC1. The Morgan fingerprint density at radius 1 is 1.08 bits per heavy atom. The van der Waals surface area contributed by atoms with Crippen molar-refractivity contribution in [3.05, 3.63) is 8.96 Å². The van der Waals surface area contributed by atoms with Gasteiger partial charge in [-0.25, -0.2) is 0 Å². The Morgan fingerprint density at radius 2 is 1.69 bits per heavy atom. The first kappa shape index (κ1) is 11.7. The number of likely N-dealkylation sites (tertiary alicyclic amines) is 1. The third-order valence-corrected chi connectivity index (χ3v) is 4.24. The maximum absolute atomic E-state index is 8.88. The lowest BCUT2D eigenvalue weighted by Crippen LogP contribution is -2.30. The molecular formula is C9H15Br2NO. The van der Waals surface area contributed by atoms with Gasteiger partial charge in [-0.15, -0.1) is 0 Å². The number of rotatable bonds is 3. The molecule has 76 valence electrons. The molecule has 0 radical (unpaired) electrons. The molecule has 0 spiro atoms. The van der Waals surface area contributed by atoms with Crippen molar-refractivity contribution in [2.24, 2.45) is 0 Å². The highest BCUT2D eigenvalue weighted by atomic mass is 79.9. The Morgan fingerprint density at radius 3 is 2.23 bits per heavy atom. The predicted octanol–water partition coefficient (Wildman–Crippen LogP) is 2.47. The second-order valence-corrected chi connectivity index (χ2v) is 5.22. The van der Waals surface area contributed by atoms with Crippen LogP contribution in [0.5, 0.6) is 0 Å². The number of aliphatic hydroxyl groups is 1. The summed E-state index contributed by atoms with van der Waals surface area (Å²) in [4.78, 5) is 2.41. The Hall–Kier alpha value is 0.620. The molecule has 0 aromatic rings. The first-order valence-corrected chi connectivity index (χ1v) is 6.19. The van der Waals surface area contributed by atoms with Crippen LogP contribution >= 0.6 is 31.9 Å². The zero-order valence-corrected chi connectivity index (χ0v) is 10.8. The number of halogens is 2. The molecule has 4 heteroatoms. The van der Waals surface area contributed by atoms with E-state index >= 15 is 0 Å². The molecular weight excluding hydrogens is 298 g/mol. The molecule has 2 nitrogen and oxygen atoms in total. The standard InChI is InChI=1S/C9H15Br2NO/c10-8(9(11)7-13)6-12-4-2-1-3-5-12/h13H,1-7H2/b9-8+. The first-order valence-electron chi connectivity index (χ1n) is 4.60. The van der Waals surface area contributed by atoms with Crippen LogP contribution in [0.1, 0.15) is 19.3 Å². The van der Waals surface area contributed by atoms with Crippen LogP contribution in [0.3, 0.4) is 0 Å². The molecule has 1 aliphatic rings. The number of nitrogens with zero attached hydrogens (tertiary/aromatic N) is 1. The molecule has 1 heterocycles. The Kier molecular flexibility index (Phi) is 5.55. The van der Waals surface area contributed by atoms with Crippen LogP contribution in [0.15, 0.2) is 8.96 Å². The normalized spacial score (nSPS) is 21.5. The predicted molar refractivity (Wildman–Crippen MR) is 62.3 cm³/mol. The van der Waals surface area contributed by atoms with E-state index in [1.165, 1.54) is 32.4 Å². The molecule has 0 bridgehead atoms. The molecule has 0 saturated carbocycles. The van der Waals surface area contributed by atoms with Crippen LogP contribution in [0.2, 0.25) is 0 Å². The lowest BCUT2D eigenvalue weighted by atomic mass is 10.1. The summed E-state index contributed by atoms with van der Waals surface area (Å²) in [7, 11) is 0. The molecule has 1 fully saturated rings. The smallest absolute Gasteiger partial charge is 0.0755 e. The molecule has 1 N–H and O–H groups in total. The summed E-state index contributed by atoms with van der Waals surface area (Å²) in [5.41, 5.74) is 0. The quantitative estimate of drug-likeness (QED) is 0.865. The Labute approximate surface area is 96.3 Å². The lowest BCUT2D eigenvalue weighted by molar-refractivity contribution is 0.249. The molecule has 0 aliphatic carbocycles. The van der Waals surface area contributed by atoms with Gasteiger partial charge >= 0.3 is 0 Å². The fraction of sp³-hybridized carbons (Fsp3) is 0.778. The molecule has 0 unspecified atom stereocenters. The van der Waals surface area contributed by atoms with E-state index in [1.807, 2.05) is 0 Å². The Bertz CT molecular complexity index is 188. The van der Waals surface area contributed by atoms with Gasteiger partial charge in [0.05, 0.1) is 6.61 Å². The van der Waals surface area contributed by atoms with Crippen LogP contribution in [-0.2, 0) is 0 Å². The van der Waals surface area contributed by atoms with Crippen LogP contribution in [0.25, 0.3) is 0 Å². The van der Waals surface area contributed by atoms with E-state index in [4.69, 9.17) is 5.11 Å². The second kappa shape index (κ2) is 6.17. The van der Waals surface area contributed by atoms with E-state index in [-0.39, 0.29) is 6.61 Å². The monoisotopic (exact) mass is 311 g/mol. The summed E-state index contributed by atoms with van der Waals surface area (Å²) in [6.07, 6.45) is 3.97. The highest BCUT2D eigenvalue weighted by Crippen LogP contribution is 2.20. The van der Waals surface area contributed by atoms with Gasteiger partial charge in [-0.2, -0.15) is 0 Å². The molecule has 0 atom stereocenters. The van der Waals surface area contributed by atoms with Gasteiger partial charge < -0.3 is 5.11 Å². The highest BCUT2D eigenvalue weighted by Gasteiger charge is 2.11. The van der Waals surface area contributed by atoms with Crippen LogP contribution in [0, 0.1) is 0 Å². The molecule has 1 rings (SSSR count). The van der Waals surface area contributed by atoms with Crippen molar-refractivity contribution in [2.45, 2.75) is 19.3 Å². The average molecular weight is 313 g/mol. The maximum Gasteiger partial charge on any atom is 0.0755 e. The number of aliphatic hydroxyl groups excluding tert-OH is 1. The van der Waals surface area contributed by atoms with Crippen molar-refractivity contribution in [1.82, 2.24) is 4.90 Å². The summed E-state index contributed by atoms with van der Waals surface area (Å²) in [5, 5.41) is 8.88. The van der Waals surface area contributed by atoms with Gasteiger partial charge in [0.15, 0.2) is 0 Å². The first-order chi connectivity index (χ1) is 6.24. The van der Waals surface area contributed by atoms with E-state index in [0.29, 0.717) is 0 Å². The average Bonchev–Trinajstić information content (AvgIpc) is 2.18. The van der Waals surface area contributed by atoms with Crippen molar-refractivity contribution >= 4 is 31.9 Å². The third kappa shape index (κ3) is 4.11. The summed E-state index contributed by atoms with van der Waals surface area (Å²) in [6.45, 7) is 3.36.